The second-order valence-electron chi connectivity index (χ2n) is 15.6. The van der Waals surface area contributed by atoms with E-state index >= 15 is 0 Å². The third-order valence-corrected chi connectivity index (χ3v) is 10.3. The van der Waals surface area contributed by atoms with Crippen LogP contribution in [0.2, 0.25) is 0 Å². The van der Waals surface area contributed by atoms with Crippen molar-refractivity contribution in [1.82, 2.24) is 20.4 Å². The van der Waals surface area contributed by atoms with E-state index in [1.54, 1.807) is 7.05 Å². The lowest BCUT2D eigenvalue weighted by atomic mass is 9.81. The first-order valence-corrected chi connectivity index (χ1v) is 19.1. The van der Waals surface area contributed by atoms with E-state index in [-0.39, 0.29) is 29.6 Å². The number of ether oxygens (including phenoxy) is 1. The summed E-state index contributed by atoms with van der Waals surface area (Å²) in [6.45, 7) is 11.1. The average Bonchev–Trinajstić information content (AvgIpc) is 3.16. The number of nitrogens with zero attached hydrogens (tertiary/aromatic N) is 3. The molecule has 3 aromatic carbocycles. The van der Waals surface area contributed by atoms with Crippen LogP contribution in [0.15, 0.2) is 77.8 Å². The van der Waals surface area contributed by atoms with E-state index in [0.29, 0.717) is 37.1 Å². The Morgan fingerprint density at radius 3 is 2.13 bits per heavy atom. The van der Waals surface area contributed by atoms with E-state index < -0.39 is 17.7 Å². The molecule has 1 aliphatic heterocycles. The third-order valence-electron chi connectivity index (χ3n) is 10.3. The minimum Gasteiger partial charge on any atom is -0.444 e. The van der Waals surface area contributed by atoms with Gasteiger partial charge in [0.15, 0.2) is 0 Å². The summed E-state index contributed by atoms with van der Waals surface area (Å²) in [5, 5.41) is 8.97. The first kappa shape index (κ1) is 40.2. The van der Waals surface area contributed by atoms with Crippen molar-refractivity contribution in [2.24, 2.45) is 16.8 Å². The average molecular weight is 737 g/mol. The molecule has 1 aliphatic carbocycles. The van der Waals surface area contributed by atoms with Crippen molar-refractivity contribution in [3.05, 3.63) is 89.5 Å². The molecule has 1 unspecified atom stereocenters. The highest BCUT2D eigenvalue weighted by molar-refractivity contribution is 6.00. The van der Waals surface area contributed by atoms with Crippen LogP contribution >= 0.6 is 0 Å². The van der Waals surface area contributed by atoms with Gasteiger partial charge in [-0.15, -0.1) is 0 Å². The number of benzene rings is 3. The number of piperazine rings is 1. The van der Waals surface area contributed by atoms with Gasteiger partial charge in [0, 0.05) is 69.1 Å². The molecular weight excluding hydrogens is 681 g/mol. The minimum atomic E-state index is -0.818. The molecule has 3 aromatic rings. The van der Waals surface area contributed by atoms with Crippen LogP contribution in [0.3, 0.4) is 0 Å². The van der Waals surface area contributed by atoms with E-state index in [9.17, 15) is 19.2 Å². The molecule has 2 fully saturated rings. The van der Waals surface area contributed by atoms with E-state index in [1.807, 2.05) is 105 Å². The normalized spacial score (nSPS) is 18.7. The lowest BCUT2D eigenvalue weighted by Crippen LogP contribution is -2.48. The summed E-state index contributed by atoms with van der Waals surface area (Å²) in [5.74, 6) is -0.374. The smallest absolute Gasteiger partial charge is 0.407 e. The molecule has 0 spiro atoms. The molecular formula is C43H56N6O5. The summed E-state index contributed by atoms with van der Waals surface area (Å²) in [4.78, 5) is 61.2. The highest BCUT2D eigenvalue weighted by Gasteiger charge is 2.30. The van der Waals surface area contributed by atoms with Crippen molar-refractivity contribution in [1.29, 1.82) is 0 Å². The lowest BCUT2D eigenvalue weighted by Gasteiger charge is -2.32. The number of hydrogen-bond donors (Lipinski definition) is 3. The van der Waals surface area contributed by atoms with Gasteiger partial charge in [0.05, 0.1) is 0 Å². The molecule has 1 saturated carbocycles. The first-order chi connectivity index (χ1) is 25.8. The molecule has 54 heavy (non-hydrogen) atoms. The fourth-order valence-electron chi connectivity index (χ4n) is 6.93. The summed E-state index contributed by atoms with van der Waals surface area (Å²) in [7, 11) is 3.81. The molecule has 11 nitrogen and oxygen atoms in total. The molecule has 288 valence electrons. The van der Waals surface area contributed by atoms with E-state index in [4.69, 9.17) is 4.74 Å². The Morgan fingerprint density at radius 1 is 0.852 bits per heavy atom. The predicted molar refractivity (Wildman–Crippen MR) is 214 cm³/mol. The highest BCUT2D eigenvalue weighted by Crippen LogP contribution is 2.29. The monoisotopic (exact) mass is 736 g/mol. The van der Waals surface area contributed by atoms with Gasteiger partial charge in [0.1, 0.15) is 11.6 Å². The van der Waals surface area contributed by atoms with Crippen molar-refractivity contribution < 1.29 is 23.9 Å². The summed E-state index contributed by atoms with van der Waals surface area (Å²) in [5.41, 5.74) is 5.40. The Morgan fingerprint density at radius 2 is 1.50 bits per heavy atom. The van der Waals surface area contributed by atoms with Crippen LogP contribution in [0.5, 0.6) is 0 Å². The van der Waals surface area contributed by atoms with Gasteiger partial charge in [0.25, 0.3) is 5.91 Å². The Hall–Kier alpha value is -5.03. The highest BCUT2D eigenvalue weighted by atomic mass is 16.6. The number of amides is 4. The Balaban J connectivity index is 1.26. The molecule has 0 aromatic heterocycles. The maximum atomic E-state index is 13.9. The second kappa shape index (κ2) is 18.3. The van der Waals surface area contributed by atoms with Crippen LogP contribution in [-0.4, -0.2) is 97.8 Å². The summed E-state index contributed by atoms with van der Waals surface area (Å²) in [6.07, 6.45) is 2.78. The molecule has 3 N–H and O–H groups in total. The van der Waals surface area contributed by atoms with Gasteiger partial charge in [-0.05, 0) is 113 Å². The molecule has 2 aliphatic rings. The number of rotatable bonds is 11. The Kier molecular flexibility index (Phi) is 13.6. The SMILES string of the molecule is CN=C(C)c1ccc(NC(=O)C(Cc2cccc(-c3ccc(C(=O)N4CCN(C)CC4)cc3)c2)NC(=O)C2CCC(CNC(=O)OC(C)(C)C)CC2)cc1. The largest absolute Gasteiger partial charge is 0.444 e. The molecule has 0 radical (unpaired) electrons. The number of nitrogens with one attached hydrogen (secondary N) is 3. The van der Waals surface area contributed by atoms with E-state index in [0.717, 1.165) is 67.0 Å². The number of likely N-dealkylation sites (N-methyl/N-ethyl adjacent to an activating group) is 1. The fraction of sp³-hybridized carbons (Fsp3) is 0.465. The number of hydrogen-bond acceptors (Lipinski definition) is 7. The Bertz CT molecular complexity index is 1780. The van der Waals surface area contributed by atoms with Gasteiger partial charge >= 0.3 is 6.09 Å². The van der Waals surface area contributed by atoms with Gasteiger partial charge in [-0.2, -0.15) is 0 Å². The van der Waals surface area contributed by atoms with Crippen molar-refractivity contribution in [3.8, 4) is 11.1 Å². The van der Waals surface area contributed by atoms with Gasteiger partial charge in [-0.25, -0.2) is 4.79 Å². The predicted octanol–water partition coefficient (Wildman–Crippen LogP) is 6.18. The molecule has 1 saturated heterocycles. The van der Waals surface area contributed by atoms with Gasteiger partial charge < -0.3 is 30.5 Å². The molecule has 1 atom stereocenters. The maximum Gasteiger partial charge on any atom is 0.407 e. The summed E-state index contributed by atoms with van der Waals surface area (Å²) in [6, 6.07) is 22.3. The van der Waals surface area contributed by atoms with Crippen LogP contribution in [-0.2, 0) is 20.7 Å². The van der Waals surface area contributed by atoms with Gasteiger partial charge in [0.2, 0.25) is 11.8 Å². The standard InChI is InChI=1S/C43H56N6O5/c1-29(44-5)32-18-20-37(21-19-32)46-40(51)38(47-39(50)34-12-10-30(11-13-34)28-45-42(53)54-43(2,3)4)27-31-8-7-9-36(26-31)33-14-16-35(17-15-33)41(52)49-24-22-48(6)23-25-49/h7-9,14-21,26,30,34,38H,10-13,22-25,27-28H2,1-6H3,(H,45,53)(H,46,51)(H,47,50). The van der Waals surface area contributed by atoms with Crippen molar-refractivity contribution >= 4 is 35.2 Å². The quantitative estimate of drug-likeness (QED) is 0.202. The molecule has 5 rings (SSSR count). The van der Waals surface area contributed by atoms with Crippen molar-refractivity contribution in [3.63, 3.8) is 0 Å². The number of carbonyl (C=O) groups excluding carboxylic acids is 4. The minimum absolute atomic E-state index is 0.0437. The Labute approximate surface area is 319 Å². The van der Waals surface area contributed by atoms with Gasteiger partial charge in [-0.1, -0.05) is 48.5 Å². The summed E-state index contributed by atoms with van der Waals surface area (Å²) < 4.78 is 5.36. The third kappa shape index (κ3) is 11.5. The molecule has 0 bridgehead atoms. The zero-order valence-electron chi connectivity index (χ0n) is 32.6. The topological polar surface area (TPSA) is 132 Å². The van der Waals surface area contributed by atoms with Crippen LogP contribution in [0, 0.1) is 11.8 Å². The molecule has 4 amide bonds. The number of aliphatic imine (C=N–C) groups is 1. The zero-order valence-corrected chi connectivity index (χ0v) is 32.6. The lowest BCUT2D eigenvalue weighted by molar-refractivity contribution is -0.130. The second-order valence-corrected chi connectivity index (χ2v) is 15.6. The van der Waals surface area contributed by atoms with Crippen molar-refractivity contribution in [2.45, 2.75) is 71.4 Å². The summed E-state index contributed by atoms with van der Waals surface area (Å²) >= 11 is 0. The number of carbonyl (C=O) groups is 4. The molecule has 11 heteroatoms. The van der Waals surface area contributed by atoms with Gasteiger partial charge in [-0.3, -0.25) is 19.4 Å². The zero-order chi connectivity index (χ0) is 38.8. The fourth-order valence-corrected chi connectivity index (χ4v) is 6.93. The molecule has 1 heterocycles. The van der Waals surface area contributed by atoms with Crippen LogP contribution in [0.4, 0.5) is 10.5 Å². The number of anilines is 1. The van der Waals surface area contributed by atoms with Crippen molar-refractivity contribution in [2.75, 3.05) is 52.1 Å². The van der Waals surface area contributed by atoms with E-state index in [1.165, 1.54) is 0 Å². The number of alkyl carbamates (subject to hydrolysis) is 1. The maximum absolute atomic E-state index is 13.9. The van der Waals surface area contributed by atoms with Crippen LogP contribution < -0.4 is 16.0 Å². The first-order valence-electron chi connectivity index (χ1n) is 19.1. The van der Waals surface area contributed by atoms with Crippen LogP contribution in [0.1, 0.15) is 74.9 Å². The van der Waals surface area contributed by atoms with Crippen LogP contribution in [0.25, 0.3) is 11.1 Å². The van der Waals surface area contributed by atoms with E-state index in [2.05, 4.69) is 32.9 Å².